The molecular weight excluding hydrogens is 146 g/mol. The number of hydrogen-bond donors (Lipinski definition) is 1. The van der Waals surface area contributed by atoms with Crippen molar-refractivity contribution >= 4 is 0 Å². The van der Waals surface area contributed by atoms with E-state index in [2.05, 4.69) is 48.1 Å². The highest BCUT2D eigenvalue weighted by Crippen LogP contribution is 2.42. The molecule has 0 aliphatic carbocycles. The molecule has 0 fully saturated rings. The highest BCUT2D eigenvalue weighted by atomic mass is 14.6. The summed E-state index contributed by atoms with van der Waals surface area (Å²) in [7, 11) is 0. The molecule has 0 aliphatic rings. The quantitative estimate of drug-likeness (QED) is 0.641. The molecule has 72 valence electrons. The second-order valence-electron chi connectivity index (χ2n) is 5.74. The molecule has 1 nitrogen and oxygen atoms in total. The molecule has 0 saturated heterocycles. The second kappa shape index (κ2) is 3.12. The molecule has 0 heterocycles. The number of nitrogens with two attached hydrogens (primary N) is 1. The molecule has 0 bridgehead atoms. The van der Waals surface area contributed by atoms with Gasteiger partial charge in [0.1, 0.15) is 0 Å². The summed E-state index contributed by atoms with van der Waals surface area (Å²) in [5.74, 6) is 0.366. The second-order valence-corrected chi connectivity index (χ2v) is 5.74. The van der Waals surface area contributed by atoms with Gasteiger partial charge in [0.2, 0.25) is 0 Å². The van der Waals surface area contributed by atoms with Crippen LogP contribution in [0.15, 0.2) is 12.3 Å². The average Bonchev–Trinajstić information content (AvgIpc) is 1.49. The molecule has 0 rings (SSSR count). The van der Waals surface area contributed by atoms with E-state index in [9.17, 15) is 0 Å². The van der Waals surface area contributed by atoms with Crippen LogP contribution in [-0.4, -0.2) is 0 Å². The zero-order valence-corrected chi connectivity index (χ0v) is 9.36. The molecular formula is C11H23N. The Balaban J connectivity index is 4.82. The third-order valence-electron chi connectivity index (χ3n) is 2.10. The highest BCUT2D eigenvalue weighted by molar-refractivity contribution is 5.04. The third kappa shape index (κ3) is 2.88. The van der Waals surface area contributed by atoms with Crippen LogP contribution in [0.25, 0.3) is 0 Å². The standard InChI is InChI=1S/C11H23N/c1-8(12)9(10(2,3)4)11(5,6)7/h9H,1,12H2,2-7H3. The topological polar surface area (TPSA) is 26.0 Å². The number of allylic oxidation sites excluding steroid dienone is 1. The lowest BCUT2D eigenvalue weighted by Crippen LogP contribution is -2.36. The SMILES string of the molecule is C=C(N)C(C(C)(C)C)C(C)(C)C. The van der Waals surface area contributed by atoms with E-state index >= 15 is 0 Å². The van der Waals surface area contributed by atoms with E-state index in [-0.39, 0.29) is 10.8 Å². The van der Waals surface area contributed by atoms with Crippen molar-refractivity contribution in [1.29, 1.82) is 0 Å². The van der Waals surface area contributed by atoms with Crippen molar-refractivity contribution in [1.82, 2.24) is 0 Å². The van der Waals surface area contributed by atoms with Crippen LogP contribution in [0.3, 0.4) is 0 Å². The van der Waals surface area contributed by atoms with Crippen molar-refractivity contribution in [2.75, 3.05) is 0 Å². The van der Waals surface area contributed by atoms with E-state index in [1.807, 2.05) is 0 Å². The molecule has 0 amide bonds. The molecule has 1 heteroatoms. The fraction of sp³-hybridized carbons (Fsp3) is 0.818. The first-order valence-corrected chi connectivity index (χ1v) is 4.51. The first-order valence-electron chi connectivity index (χ1n) is 4.51. The van der Waals surface area contributed by atoms with Crippen molar-refractivity contribution in [3.63, 3.8) is 0 Å². The first-order chi connectivity index (χ1) is 5.07. The van der Waals surface area contributed by atoms with E-state index in [4.69, 9.17) is 5.73 Å². The van der Waals surface area contributed by atoms with Gasteiger partial charge in [0, 0.05) is 11.6 Å². The fourth-order valence-corrected chi connectivity index (χ4v) is 2.41. The predicted octanol–water partition coefficient (Wildman–Crippen LogP) is 3.17. The van der Waals surface area contributed by atoms with Gasteiger partial charge in [0.15, 0.2) is 0 Å². The zero-order chi connectivity index (χ0) is 10.2. The van der Waals surface area contributed by atoms with Crippen LogP contribution < -0.4 is 5.73 Å². The third-order valence-corrected chi connectivity index (χ3v) is 2.10. The summed E-state index contributed by atoms with van der Waals surface area (Å²) >= 11 is 0. The lowest BCUT2D eigenvalue weighted by Gasteiger charge is -2.40. The van der Waals surface area contributed by atoms with Gasteiger partial charge in [0.05, 0.1) is 0 Å². The average molecular weight is 169 g/mol. The van der Waals surface area contributed by atoms with Crippen LogP contribution in [-0.2, 0) is 0 Å². The Morgan fingerprint density at radius 1 is 1.00 bits per heavy atom. The molecule has 0 aliphatic heterocycles. The zero-order valence-electron chi connectivity index (χ0n) is 9.36. The largest absolute Gasteiger partial charge is 0.402 e. The lowest BCUT2D eigenvalue weighted by molar-refractivity contribution is 0.136. The van der Waals surface area contributed by atoms with Gasteiger partial charge in [0.25, 0.3) is 0 Å². The van der Waals surface area contributed by atoms with Crippen molar-refractivity contribution in [2.24, 2.45) is 22.5 Å². The molecule has 0 aromatic rings. The maximum absolute atomic E-state index is 5.81. The molecule has 0 saturated carbocycles. The van der Waals surface area contributed by atoms with Gasteiger partial charge in [-0.15, -0.1) is 0 Å². The Labute approximate surface area is 77.0 Å². The summed E-state index contributed by atoms with van der Waals surface area (Å²) in [5, 5.41) is 0. The molecule has 0 atom stereocenters. The van der Waals surface area contributed by atoms with Crippen molar-refractivity contribution in [3.8, 4) is 0 Å². The van der Waals surface area contributed by atoms with Gasteiger partial charge in [-0.2, -0.15) is 0 Å². The monoisotopic (exact) mass is 169 g/mol. The van der Waals surface area contributed by atoms with E-state index in [1.165, 1.54) is 0 Å². The van der Waals surface area contributed by atoms with Crippen molar-refractivity contribution in [3.05, 3.63) is 12.3 Å². The van der Waals surface area contributed by atoms with Crippen LogP contribution >= 0.6 is 0 Å². The van der Waals surface area contributed by atoms with E-state index < -0.39 is 0 Å². The summed E-state index contributed by atoms with van der Waals surface area (Å²) in [4.78, 5) is 0. The number of rotatable bonds is 1. The van der Waals surface area contributed by atoms with Gasteiger partial charge in [-0.1, -0.05) is 48.1 Å². The molecule has 2 N–H and O–H groups in total. The number of hydrogen-bond acceptors (Lipinski definition) is 1. The van der Waals surface area contributed by atoms with Crippen molar-refractivity contribution < 1.29 is 0 Å². The van der Waals surface area contributed by atoms with Gasteiger partial charge in [-0.25, -0.2) is 0 Å². The predicted molar refractivity (Wildman–Crippen MR) is 55.7 cm³/mol. The summed E-state index contributed by atoms with van der Waals surface area (Å²) in [5.41, 5.74) is 7.01. The Kier molecular flexibility index (Phi) is 3.00. The van der Waals surface area contributed by atoms with Crippen LogP contribution in [0, 0.1) is 16.7 Å². The normalized spacial score (nSPS) is 13.6. The molecule has 0 radical (unpaired) electrons. The Bertz CT molecular complexity index is 152. The smallest absolute Gasteiger partial charge is 0.00755 e. The molecule has 0 aromatic carbocycles. The summed E-state index contributed by atoms with van der Waals surface area (Å²) in [6, 6.07) is 0. The summed E-state index contributed by atoms with van der Waals surface area (Å²) in [6.45, 7) is 17.1. The van der Waals surface area contributed by atoms with Crippen LogP contribution in [0.2, 0.25) is 0 Å². The Morgan fingerprint density at radius 2 is 1.25 bits per heavy atom. The Hall–Kier alpha value is -0.460. The molecule has 0 unspecified atom stereocenters. The van der Waals surface area contributed by atoms with E-state index in [0.717, 1.165) is 5.70 Å². The Morgan fingerprint density at radius 3 is 1.25 bits per heavy atom. The minimum atomic E-state index is 0.198. The maximum atomic E-state index is 5.81. The lowest BCUT2D eigenvalue weighted by atomic mass is 9.65. The van der Waals surface area contributed by atoms with Crippen LogP contribution in [0.1, 0.15) is 41.5 Å². The van der Waals surface area contributed by atoms with E-state index in [1.54, 1.807) is 0 Å². The highest BCUT2D eigenvalue weighted by Gasteiger charge is 2.35. The van der Waals surface area contributed by atoms with Crippen molar-refractivity contribution in [2.45, 2.75) is 41.5 Å². The van der Waals surface area contributed by atoms with Gasteiger partial charge < -0.3 is 5.73 Å². The maximum Gasteiger partial charge on any atom is 0.00755 e. The first kappa shape index (κ1) is 11.5. The minimum Gasteiger partial charge on any atom is -0.402 e. The molecule has 12 heavy (non-hydrogen) atoms. The molecule has 0 spiro atoms. The van der Waals surface area contributed by atoms with Gasteiger partial charge in [-0.05, 0) is 10.8 Å². The summed E-state index contributed by atoms with van der Waals surface area (Å²) in [6.07, 6.45) is 0. The van der Waals surface area contributed by atoms with Gasteiger partial charge >= 0.3 is 0 Å². The fourth-order valence-electron chi connectivity index (χ4n) is 2.41. The van der Waals surface area contributed by atoms with Crippen LogP contribution in [0.4, 0.5) is 0 Å². The molecule has 0 aromatic heterocycles. The minimum absolute atomic E-state index is 0.198. The van der Waals surface area contributed by atoms with Crippen LogP contribution in [0.5, 0.6) is 0 Å². The van der Waals surface area contributed by atoms with E-state index in [0.29, 0.717) is 5.92 Å². The summed E-state index contributed by atoms with van der Waals surface area (Å²) < 4.78 is 0. The van der Waals surface area contributed by atoms with Gasteiger partial charge in [-0.3, -0.25) is 0 Å².